The number of halogens is 1. The Morgan fingerprint density at radius 2 is 2.10 bits per heavy atom. The van der Waals surface area contributed by atoms with Gasteiger partial charge in [0.15, 0.2) is 0 Å². The normalized spacial score (nSPS) is 11.1. The molecule has 0 saturated carbocycles. The molecule has 2 rings (SSSR count). The number of hydrogen-bond acceptors (Lipinski definition) is 5. The van der Waals surface area contributed by atoms with Gasteiger partial charge in [-0.1, -0.05) is 0 Å². The lowest BCUT2D eigenvalue weighted by atomic mass is 10.3. The van der Waals surface area contributed by atoms with Crippen molar-refractivity contribution in [2.24, 2.45) is 0 Å². The van der Waals surface area contributed by atoms with E-state index in [1.165, 1.54) is 30.5 Å². The summed E-state index contributed by atoms with van der Waals surface area (Å²) in [5.41, 5.74) is 5.45. The second-order valence-electron chi connectivity index (χ2n) is 4.11. The largest absolute Gasteiger partial charge is 0.478 e. The molecule has 6 nitrogen and oxygen atoms in total. The minimum absolute atomic E-state index is 0.114. The predicted molar refractivity (Wildman–Crippen MR) is 77.0 cm³/mol. The Hall–Kier alpha value is -2.35. The maximum absolute atomic E-state index is 13.3. The Morgan fingerprint density at radius 1 is 1.33 bits per heavy atom. The summed E-state index contributed by atoms with van der Waals surface area (Å²) in [6.45, 7) is 2.27. The molecule has 0 aliphatic carbocycles. The molecule has 21 heavy (non-hydrogen) atoms. The van der Waals surface area contributed by atoms with Gasteiger partial charge >= 0.3 is 0 Å². The number of nitrogen functional groups attached to an aromatic ring is 1. The number of rotatable bonds is 5. The highest BCUT2D eigenvalue weighted by molar-refractivity contribution is 7.92. The minimum atomic E-state index is -3.90. The van der Waals surface area contributed by atoms with Crippen LogP contribution >= 0.6 is 0 Å². The van der Waals surface area contributed by atoms with Gasteiger partial charge in [0, 0.05) is 6.07 Å². The summed E-state index contributed by atoms with van der Waals surface area (Å²) < 4.78 is 45.0. The van der Waals surface area contributed by atoms with Crippen LogP contribution < -0.4 is 15.2 Å². The number of sulfonamides is 1. The molecule has 0 aliphatic heterocycles. The summed E-state index contributed by atoms with van der Waals surface area (Å²) >= 11 is 0. The number of anilines is 2. The van der Waals surface area contributed by atoms with Crippen LogP contribution in [0.1, 0.15) is 6.92 Å². The molecule has 0 aliphatic rings. The molecular weight excluding hydrogens is 297 g/mol. The van der Waals surface area contributed by atoms with Gasteiger partial charge in [-0.05, 0) is 31.2 Å². The van der Waals surface area contributed by atoms with Crippen molar-refractivity contribution in [3.05, 3.63) is 42.3 Å². The number of hydrogen-bond donors (Lipinski definition) is 2. The van der Waals surface area contributed by atoms with Crippen LogP contribution in [-0.2, 0) is 10.0 Å². The lowest BCUT2D eigenvalue weighted by Gasteiger charge is -2.09. The van der Waals surface area contributed by atoms with Gasteiger partial charge in [-0.15, -0.1) is 0 Å². The molecule has 2 aromatic rings. The van der Waals surface area contributed by atoms with Crippen LogP contribution in [0.25, 0.3) is 0 Å². The first-order valence-electron chi connectivity index (χ1n) is 6.09. The molecule has 1 heterocycles. The Bertz CT molecular complexity index is 733. The third-order valence-corrected chi connectivity index (χ3v) is 3.94. The fourth-order valence-corrected chi connectivity index (χ4v) is 2.62. The van der Waals surface area contributed by atoms with Crippen molar-refractivity contribution >= 4 is 21.4 Å². The first-order chi connectivity index (χ1) is 9.92. The van der Waals surface area contributed by atoms with Crippen LogP contribution in [0.3, 0.4) is 0 Å². The third-order valence-electron chi connectivity index (χ3n) is 2.56. The van der Waals surface area contributed by atoms with Gasteiger partial charge in [-0.2, -0.15) is 0 Å². The molecule has 112 valence electrons. The summed E-state index contributed by atoms with van der Waals surface area (Å²) in [5.74, 6) is -0.401. The van der Waals surface area contributed by atoms with E-state index in [1.807, 2.05) is 6.92 Å². The summed E-state index contributed by atoms with van der Waals surface area (Å²) in [6, 6.07) is 6.32. The number of nitrogens with two attached hydrogens (primary N) is 1. The monoisotopic (exact) mass is 311 g/mol. The van der Waals surface area contributed by atoms with E-state index >= 15 is 0 Å². The minimum Gasteiger partial charge on any atom is -0.478 e. The van der Waals surface area contributed by atoms with Gasteiger partial charge in [0.2, 0.25) is 5.88 Å². The van der Waals surface area contributed by atoms with Crippen molar-refractivity contribution in [1.29, 1.82) is 0 Å². The molecule has 0 amide bonds. The Kier molecular flexibility index (Phi) is 4.27. The molecule has 0 atom stereocenters. The zero-order valence-corrected chi connectivity index (χ0v) is 12.0. The second kappa shape index (κ2) is 5.96. The lowest BCUT2D eigenvalue weighted by Crippen LogP contribution is -2.13. The van der Waals surface area contributed by atoms with Crippen molar-refractivity contribution in [3.63, 3.8) is 0 Å². The molecule has 1 aromatic carbocycles. The molecule has 0 saturated heterocycles. The average molecular weight is 311 g/mol. The molecule has 0 fully saturated rings. The maximum Gasteiger partial charge on any atom is 0.262 e. The summed E-state index contributed by atoms with van der Waals surface area (Å²) in [7, 11) is -3.90. The van der Waals surface area contributed by atoms with E-state index < -0.39 is 15.8 Å². The highest BCUT2D eigenvalue weighted by Crippen LogP contribution is 2.20. The van der Waals surface area contributed by atoms with E-state index in [0.29, 0.717) is 12.5 Å². The van der Waals surface area contributed by atoms with Gasteiger partial charge in [-0.25, -0.2) is 17.8 Å². The quantitative estimate of drug-likeness (QED) is 0.824. The smallest absolute Gasteiger partial charge is 0.262 e. The van der Waals surface area contributed by atoms with Crippen LogP contribution in [0, 0.1) is 5.82 Å². The van der Waals surface area contributed by atoms with E-state index in [4.69, 9.17) is 10.5 Å². The van der Waals surface area contributed by atoms with E-state index in [2.05, 4.69) is 9.71 Å². The topological polar surface area (TPSA) is 94.3 Å². The van der Waals surface area contributed by atoms with Crippen molar-refractivity contribution in [3.8, 4) is 5.88 Å². The highest BCUT2D eigenvalue weighted by Gasteiger charge is 2.16. The molecule has 0 spiro atoms. The van der Waals surface area contributed by atoms with E-state index in [0.717, 1.165) is 6.07 Å². The molecule has 1 aromatic heterocycles. The molecule has 0 unspecified atom stereocenters. The first-order valence-corrected chi connectivity index (χ1v) is 7.57. The summed E-state index contributed by atoms with van der Waals surface area (Å²) in [6.07, 6.45) is 1.32. The first kappa shape index (κ1) is 15.0. The van der Waals surface area contributed by atoms with Crippen LogP contribution in [0.2, 0.25) is 0 Å². The van der Waals surface area contributed by atoms with Crippen LogP contribution in [-0.4, -0.2) is 20.0 Å². The van der Waals surface area contributed by atoms with Gasteiger partial charge in [0.1, 0.15) is 5.82 Å². The van der Waals surface area contributed by atoms with Crippen LogP contribution in [0.4, 0.5) is 15.8 Å². The molecule has 0 bridgehead atoms. The lowest BCUT2D eigenvalue weighted by molar-refractivity contribution is 0.327. The number of aromatic nitrogens is 1. The number of ether oxygens (including phenoxy) is 1. The molecule has 3 N–H and O–H groups in total. The standard InChI is InChI=1S/C13H14FN3O3S/c1-2-20-13-6-3-9(8-16-13)17-21(18,19)10-4-5-12(15)11(14)7-10/h3-8,17H,2,15H2,1H3. The van der Waals surface area contributed by atoms with Crippen LogP contribution in [0.15, 0.2) is 41.4 Å². The molecule has 8 heteroatoms. The van der Waals surface area contributed by atoms with Gasteiger partial charge < -0.3 is 10.5 Å². The highest BCUT2D eigenvalue weighted by atomic mass is 32.2. The summed E-state index contributed by atoms with van der Waals surface area (Å²) in [5, 5.41) is 0. The zero-order chi connectivity index (χ0) is 15.5. The number of benzene rings is 1. The van der Waals surface area contributed by atoms with Gasteiger partial charge in [-0.3, -0.25) is 4.72 Å². The average Bonchev–Trinajstić information content (AvgIpc) is 2.44. The maximum atomic E-state index is 13.3. The second-order valence-corrected chi connectivity index (χ2v) is 5.79. The fraction of sp³-hybridized carbons (Fsp3) is 0.154. The molecule has 0 radical (unpaired) electrons. The van der Waals surface area contributed by atoms with Crippen molar-refractivity contribution in [1.82, 2.24) is 4.98 Å². The van der Waals surface area contributed by atoms with E-state index in [1.54, 1.807) is 0 Å². The van der Waals surface area contributed by atoms with Crippen LogP contribution in [0.5, 0.6) is 5.88 Å². The van der Waals surface area contributed by atoms with Gasteiger partial charge in [0.25, 0.3) is 10.0 Å². The van der Waals surface area contributed by atoms with E-state index in [9.17, 15) is 12.8 Å². The van der Waals surface area contributed by atoms with Crippen molar-refractivity contribution in [2.75, 3.05) is 17.1 Å². The number of nitrogens with one attached hydrogen (secondary N) is 1. The van der Waals surface area contributed by atoms with Gasteiger partial charge in [0.05, 0.1) is 29.1 Å². The molecular formula is C13H14FN3O3S. The number of pyridine rings is 1. The van der Waals surface area contributed by atoms with E-state index in [-0.39, 0.29) is 16.3 Å². The number of nitrogens with zero attached hydrogens (tertiary/aromatic N) is 1. The van der Waals surface area contributed by atoms with Crippen molar-refractivity contribution < 1.29 is 17.5 Å². The Balaban J connectivity index is 2.22. The summed E-state index contributed by atoms with van der Waals surface area (Å²) in [4.78, 5) is 3.72. The zero-order valence-electron chi connectivity index (χ0n) is 11.2. The SMILES string of the molecule is CCOc1ccc(NS(=O)(=O)c2ccc(N)c(F)c2)cn1. The Labute approximate surface area is 121 Å². The Morgan fingerprint density at radius 3 is 2.67 bits per heavy atom. The van der Waals surface area contributed by atoms with Crippen molar-refractivity contribution in [2.45, 2.75) is 11.8 Å². The predicted octanol–water partition coefficient (Wildman–Crippen LogP) is 2.00. The third kappa shape index (κ3) is 3.60. The fourth-order valence-electron chi connectivity index (χ4n) is 1.56.